The van der Waals surface area contributed by atoms with Gasteiger partial charge in [-0.05, 0) is 44.5 Å². The lowest BCUT2D eigenvalue weighted by molar-refractivity contribution is -0.129. The summed E-state index contributed by atoms with van der Waals surface area (Å²) in [4.78, 5) is 12.8. The van der Waals surface area contributed by atoms with Crippen LogP contribution < -0.4 is 11.1 Å². The van der Waals surface area contributed by atoms with Gasteiger partial charge in [0, 0.05) is 10.6 Å². The number of nitrogens with one attached hydrogen (secondary N) is 1. The molecule has 2 heterocycles. The highest BCUT2D eigenvalue weighted by Gasteiger charge is 2.51. The van der Waals surface area contributed by atoms with Gasteiger partial charge < -0.3 is 16.2 Å². The maximum atomic E-state index is 12.8. The van der Waals surface area contributed by atoms with Gasteiger partial charge in [0.2, 0.25) is 5.60 Å². The van der Waals surface area contributed by atoms with Gasteiger partial charge in [-0.2, -0.15) is 5.10 Å². The summed E-state index contributed by atoms with van der Waals surface area (Å²) < 4.78 is 1.54. The Kier molecular flexibility index (Phi) is 4.19. The topological polar surface area (TPSA) is 93.2 Å². The number of hydrogen-bond acceptors (Lipinski definition) is 4. The van der Waals surface area contributed by atoms with Gasteiger partial charge >= 0.3 is 0 Å². The van der Waals surface area contributed by atoms with Crippen molar-refractivity contribution in [3.63, 3.8) is 0 Å². The van der Waals surface area contributed by atoms with Gasteiger partial charge in [-0.25, -0.2) is 4.68 Å². The summed E-state index contributed by atoms with van der Waals surface area (Å²) in [6.45, 7) is 5.64. The monoisotopic (exact) mass is 416 g/mol. The number of amides is 1. The largest absolute Gasteiger partial charge is 0.383 e. The molecule has 8 heteroatoms. The second-order valence-corrected chi connectivity index (χ2v) is 7.87. The van der Waals surface area contributed by atoms with Crippen molar-refractivity contribution in [3.05, 3.63) is 68.3 Å². The van der Waals surface area contributed by atoms with Crippen molar-refractivity contribution in [2.75, 3.05) is 11.1 Å². The number of aliphatic hydroxyl groups is 1. The molecule has 0 saturated carbocycles. The lowest BCUT2D eigenvalue weighted by Gasteiger charge is -2.22. The minimum Gasteiger partial charge on any atom is -0.383 e. The number of fused-ring (bicyclic) bond motifs is 1. The zero-order valence-corrected chi connectivity index (χ0v) is 17.0. The third-order valence-corrected chi connectivity index (χ3v) is 5.57. The molecule has 2 aromatic carbocycles. The van der Waals surface area contributed by atoms with Gasteiger partial charge in [0.15, 0.2) is 0 Å². The second kappa shape index (κ2) is 6.24. The number of aryl methyl sites for hydroxylation is 3. The van der Waals surface area contributed by atoms with E-state index in [9.17, 15) is 9.90 Å². The third-order valence-electron chi connectivity index (χ3n) is 5.05. The molecule has 0 radical (unpaired) electrons. The Morgan fingerprint density at radius 2 is 1.89 bits per heavy atom. The maximum Gasteiger partial charge on any atom is 0.266 e. The minimum atomic E-state index is -2.05. The van der Waals surface area contributed by atoms with E-state index in [1.165, 1.54) is 16.8 Å². The molecule has 6 nitrogen and oxygen atoms in total. The van der Waals surface area contributed by atoms with Gasteiger partial charge in [0.05, 0.1) is 27.7 Å². The van der Waals surface area contributed by atoms with Crippen LogP contribution in [-0.4, -0.2) is 20.8 Å². The Bertz CT molecular complexity index is 1160. The minimum absolute atomic E-state index is 0.172. The fourth-order valence-electron chi connectivity index (χ4n) is 3.78. The second-order valence-electron chi connectivity index (χ2n) is 7.02. The summed E-state index contributed by atoms with van der Waals surface area (Å²) in [5.74, 6) is -0.479. The van der Waals surface area contributed by atoms with Crippen LogP contribution in [0.4, 0.5) is 11.5 Å². The van der Waals surface area contributed by atoms with Crippen LogP contribution in [0.5, 0.6) is 0 Å². The summed E-state index contributed by atoms with van der Waals surface area (Å²) in [6, 6.07) is 8.87. The number of halogens is 2. The number of aromatic nitrogens is 2. The van der Waals surface area contributed by atoms with E-state index in [-0.39, 0.29) is 22.0 Å². The van der Waals surface area contributed by atoms with E-state index in [1.54, 1.807) is 6.92 Å². The molecule has 3 aromatic rings. The van der Waals surface area contributed by atoms with Crippen LogP contribution in [0.15, 0.2) is 30.3 Å². The molecule has 144 valence electrons. The predicted octanol–water partition coefficient (Wildman–Crippen LogP) is 3.87. The van der Waals surface area contributed by atoms with Gasteiger partial charge in [-0.3, -0.25) is 4.79 Å². The van der Waals surface area contributed by atoms with Crippen molar-refractivity contribution < 1.29 is 9.90 Å². The molecule has 0 fully saturated rings. The molecule has 0 bridgehead atoms. The summed E-state index contributed by atoms with van der Waals surface area (Å²) in [6.07, 6.45) is 0. The number of nitrogens with zero attached hydrogens (tertiary/aromatic N) is 2. The smallest absolute Gasteiger partial charge is 0.266 e. The van der Waals surface area contributed by atoms with E-state index in [0.29, 0.717) is 16.4 Å². The Labute approximate surface area is 171 Å². The molecular formula is C20H18Cl2N4O2. The van der Waals surface area contributed by atoms with E-state index in [2.05, 4.69) is 10.4 Å². The normalized spacial score (nSPS) is 18.3. The van der Waals surface area contributed by atoms with Gasteiger partial charge in [-0.1, -0.05) is 40.9 Å². The standard InChI is InChI=1S/C20H18Cl2N4O2/c1-9-4-5-15(10(2)6-9)26-18(23)16(11(3)25-26)20(28)13-7-12(21)8-14(22)17(13)24-19(20)27/h4-8,28H,23H2,1-3H3,(H,24,27). The molecule has 1 unspecified atom stereocenters. The van der Waals surface area contributed by atoms with Crippen LogP contribution in [0.1, 0.15) is 27.9 Å². The van der Waals surface area contributed by atoms with Gasteiger partial charge in [0.1, 0.15) is 5.82 Å². The number of anilines is 2. The van der Waals surface area contributed by atoms with Crippen LogP contribution in [0, 0.1) is 20.8 Å². The highest BCUT2D eigenvalue weighted by molar-refractivity contribution is 6.38. The average Bonchev–Trinajstić information content (AvgIpc) is 3.03. The van der Waals surface area contributed by atoms with Gasteiger partial charge in [0.25, 0.3) is 5.91 Å². The first kappa shape index (κ1) is 18.8. The van der Waals surface area contributed by atoms with Crippen molar-refractivity contribution in [2.24, 2.45) is 0 Å². The number of nitrogens with two attached hydrogens (primary N) is 1. The van der Waals surface area contributed by atoms with Crippen molar-refractivity contribution >= 4 is 40.6 Å². The maximum absolute atomic E-state index is 12.8. The summed E-state index contributed by atoms with van der Waals surface area (Å²) in [7, 11) is 0. The molecule has 4 rings (SSSR count). The zero-order chi connectivity index (χ0) is 20.4. The SMILES string of the molecule is Cc1ccc(-n2nc(C)c(C3(O)C(=O)Nc4c(Cl)cc(Cl)cc43)c2N)c(C)c1. The number of benzene rings is 2. The molecule has 0 aliphatic carbocycles. The number of rotatable bonds is 2. The molecule has 28 heavy (non-hydrogen) atoms. The van der Waals surface area contributed by atoms with E-state index in [4.69, 9.17) is 28.9 Å². The van der Waals surface area contributed by atoms with Crippen LogP contribution >= 0.6 is 23.2 Å². The van der Waals surface area contributed by atoms with E-state index >= 15 is 0 Å². The fraction of sp³-hybridized carbons (Fsp3) is 0.200. The van der Waals surface area contributed by atoms with E-state index < -0.39 is 11.5 Å². The number of nitrogen functional groups attached to an aromatic ring is 1. The summed E-state index contributed by atoms with van der Waals surface area (Å²) in [5, 5.41) is 19.2. The molecular weight excluding hydrogens is 399 g/mol. The summed E-state index contributed by atoms with van der Waals surface area (Å²) >= 11 is 12.3. The average molecular weight is 417 g/mol. The first-order chi connectivity index (χ1) is 13.1. The van der Waals surface area contributed by atoms with Crippen LogP contribution in [0.3, 0.4) is 0 Å². The molecule has 1 amide bonds. The highest BCUT2D eigenvalue weighted by Crippen LogP contribution is 2.48. The lowest BCUT2D eigenvalue weighted by Crippen LogP contribution is -2.36. The first-order valence-corrected chi connectivity index (χ1v) is 9.36. The molecule has 1 aromatic heterocycles. The number of carbonyl (C=O) groups is 1. The Balaban J connectivity index is 1.97. The fourth-order valence-corrected chi connectivity index (χ4v) is 4.32. The number of hydrogen-bond donors (Lipinski definition) is 3. The Morgan fingerprint density at radius 3 is 2.57 bits per heavy atom. The van der Waals surface area contributed by atoms with Crippen LogP contribution in [-0.2, 0) is 10.4 Å². The van der Waals surface area contributed by atoms with Gasteiger partial charge in [-0.15, -0.1) is 0 Å². The molecule has 4 N–H and O–H groups in total. The highest BCUT2D eigenvalue weighted by atomic mass is 35.5. The zero-order valence-electron chi connectivity index (χ0n) is 15.5. The van der Waals surface area contributed by atoms with Crippen molar-refractivity contribution in [2.45, 2.75) is 26.4 Å². The van der Waals surface area contributed by atoms with Crippen molar-refractivity contribution in [3.8, 4) is 5.69 Å². The third kappa shape index (κ3) is 2.53. The van der Waals surface area contributed by atoms with E-state index in [1.807, 2.05) is 32.0 Å². The molecule has 0 spiro atoms. The predicted molar refractivity (Wildman–Crippen MR) is 110 cm³/mol. The van der Waals surface area contributed by atoms with Crippen molar-refractivity contribution in [1.82, 2.24) is 9.78 Å². The molecule has 0 saturated heterocycles. The van der Waals surface area contributed by atoms with Crippen LogP contribution in [0.25, 0.3) is 5.69 Å². The quantitative estimate of drug-likeness (QED) is 0.590. The lowest BCUT2D eigenvalue weighted by atomic mass is 9.87. The molecule has 1 aliphatic heterocycles. The van der Waals surface area contributed by atoms with E-state index in [0.717, 1.165) is 16.8 Å². The van der Waals surface area contributed by atoms with Crippen molar-refractivity contribution in [1.29, 1.82) is 0 Å². The Morgan fingerprint density at radius 1 is 1.18 bits per heavy atom. The molecule has 1 atom stereocenters. The van der Waals surface area contributed by atoms with Crippen LogP contribution in [0.2, 0.25) is 10.0 Å². The first-order valence-electron chi connectivity index (χ1n) is 8.61. The summed E-state index contributed by atoms with van der Waals surface area (Å²) in [5.41, 5.74) is 8.40. The Hall–Kier alpha value is -2.54. The number of carbonyl (C=O) groups excluding carboxylic acids is 1. The molecule has 1 aliphatic rings.